The van der Waals surface area contributed by atoms with Crippen molar-refractivity contribution in [1.29, 1.82) is 0 Å². The summed E-state index contributed by atoms with van der Waals surface area (Å²) in [5.74, 6) is 0.978. The molecule has 3 nitrogen and oxygen atoms in total. The monoisotopic (exact) mass is 380 g/mol. The number of piperidine rings is 1. The number of hydrogen-bond donors (Lipinski definition) is 0. The number of hydrogen-bond acceptors (Lipinski definition) is 1. The van der Waals surface area contributed by atoms with Crippen LogP contribution in [0.4, 0.5) is 0 Å². The smallest absolute Gasteiger partial charge is 0.227 e. The van der Waals surface area contributed by atoms with Gasteiger partial charge in [-0.2, -0.15) is 0 Å². The number of para-hydroxylation sites is 1. The Hall–Kier alpha value is -2.26. The SMILES string of the molecule is CC1CCN(C(=O)Cc2cn(Cc3ccc(Cl)cc3)c3ccccc23)CC1. The lowest BCUT2D eigenvalue weighted by Crippen LogP contribution is -2.38. The van der Waals surface area contributed by atoms with Gasteiger partial charge in [0.05, 0.1) is 6.42 Å². The van der Waals surface area contributed by atoms with E-state index in [1.807, 2.05) is 23.1 Å². The van der Waals surface area contributed by atoms with Gasteiger partial charge in [0, 0.05) is 41.8 Å². The Kier molecular flexibility index (Phi) is 5.22. The Morgan fingerprint density at radius 2 is 1.78 bits per heavy atom. The van der Waals surface area contributed by atoms with E-state index in [1.165, 1.54) is 16.5 Å². The molecule has 0 saturated carbocycles. The molecule has 0 radical (unpaired) electrons. The fourth-order valence-corrected chi connectivity index (χ4v) is 4.04. The summed E-state index contributed by atoms with van der Waals surface area (Å²) in [7, 11) is 0. The molecule has 1 amide bonds. The van der Waals surface area contributed by atoms with Crippen LogP contribution in [0.2, 0.25) is 5.02 Å². The van der Waals surface area contributed by atoms with Gasteiger partial charge in [0.2, 0.25) is 5.91 Å². The average molecular weight is 381 g/mol. The number of benzene rings is 2. The molecule has 0 unspecified atom stereocenters. The minimum absolute atomic E-state index is 0.247. The lowest BCUT2D eigenvalue weighted by atomic mass is 9.98. The summed E-state index contributed by atoms with van der Waals surface area (Å²) >= 11 is 6.00. The van der Waals surface area contributed by atoms with Gasteiger partial charge >= 0.3 is 0 Å². The van der Waals surface area contributed by atoms with Crippen LogP contribution < -0.4 is 0 Å². The lowest BCUT2D eigenvalue weighted by molar-refractivity contribution is -0.131. The Morgan fingerprint density at radius 1 is 1.07 bits per heavy atom. The topological polar surface area (TPSA) is 25.2 Å². The quantitative estimate of drug-likeness (QED) is 0.614. The largest absolute Gasteiger partial charge is 0.343 e. The van der Waals surface area contributed by atoms with E-state index >= 15 is 0 Å². The third kappa shape index (κ3) is 4.03. The van der Waals surface area contributed by atoms with Crippen molar-refractivity contribution in [3.63, 3.8) is 0 Å². The molecular formula is C23H25ClN2O. The van der Waals surface area contributed by atoms with Gasteiger partial charge in [-0.3, -0.25) is 4.79 Å². The lowest BCUT2D eigenvalue weighted by Gasteiger charge is -2.30. The zero-order chi connectivity index (χ0) is 18.8. The summed E-state index contributed by atoms with van der Waals surface area (Å²) in [6, 6.07) is 16.3. The summed E-state index contributed by atoms with van der Waals surface area (Å²) in [5, 5.41) is 1.92. The highest BCUT2D eigenvalue weighted by Crippen LogP contribution is 2.25. The van der Waals surface area contributed by atoms with Gasteiger partial charge in [-0.25, -0.2) is 0 Å². The molecule has 1 saturated heterocycles. The van der Waals surface area contributed by atoms with Crippen LogP contribution >= 0.6 is 11.6 Å². The molecule has 1 aliphatic heterocycles. The van der Waals surface area contributed by atoms with E-state index in [9.17, 15) is 4.79 Å². The number of rotatable bonds is 4. The maximum absolute atomic E-state index is 12.8. The molecule has 1 aromatic heterocycles. The van der Waals surface area contributed by atoms with Crippen molar-refractivity contribution in [1.82, 2.24) is 9.47 Å². The minimum atomic E-state index is 0.247. The van der Waals surface area contributed by atoms with Crippen molar-refractivity contribution in [2.45, 2.75) is 32.7 Å². The highest BCUT2D eigenvalue weighted by Gasteiger charge is 2.21. The second-order valence-electron chi connectivity index (χ2n) is 7.67. The summed E-state index contributed by atoms with van der Waals surface area (Å²) in [4.78, 5) is 14.9. The molecule has 140 valence electrons. The van der Waals surface area contributed by atoms with Crippen LogP contribution in [0.1, 0.15) is 30.9 Å². The highest BCUT2D eigenvalue weighted by atomic mass is 35.5. The molecule has 3 aromatic rings. The Bertz CT molecular complexity index is 937. The van der Waals surface area contributed by atoms with E-state index in [2.05, 4.69) is 48.0 Å². The van der Waals surface area contributed by atoms with Gasteiger partial charge in [0.15, 0.2) is 0 Å². The minimum Gasteiger partial charge on any atom is -0.343 e. The molecule has 2 heterocycles. The third-order valence-corrected chi connectivity index (χ3v) is 5.87. The average Bonchev–Trinajstić information content (AvgIpc) is 3.02. The van der Waals surface area contributed by atoms with E-state index in [4.69, 9.17) is 11.6 Å². The second kappa shape index (κ2) is 7.77. The van der Waals surface area contributed by atoms with Crippen LogP contribution in [0, 0.1) is 5.92 Å². The molecule has 0 aliphatic carbocycles. The zero-order valence-electron chi connectivity index (χ0n) is 15.7. The number of amides is 1. The molecule has 0 spiro atoms. The Morgan fingerprint density at radius 3 is 2.52 bits per heavy atom. The van der Waals surface area contributed by atoms with Gasteiger partial charge in [-0.05, 0) is 48.1 Å². The molecule has 1 fully saturated rings. The Labute approximate surface area is 165 Å². The third-order valence-electron chi connectivity index (χ3n) is 5.62. The predicted molar refractivity (Wildman–Crippen MR) is 111 cm³/mol. The summed E-state index contributed by atoms with van der Waals surface area (Å²) in [6.07, 6.45) is 4.85. The molecule has 2 aromatic carbocycles. The van der Waals surface area contributed by atoms with E-state index in [-0.39, 0.29) is 5.91 Å². The molecule has 4 rings (SSSR count). The van der Waals surface area contributed by atoms with Crippen LogP contribution in [-0.2, 0) is 17.8 Å². The van der Waals surface area contributed by atoms with Crippen LogP contribution in [0.15, 0.2) is 54.7 Å². The zero-order valence-corrected chi connectivity index (χ0v) is 16.5. The highest BCUT2D eigenvalue weighted by molar-refractivity contribution is 6.30. The molecule has 4 heteroatoms. The fourth-order valence-electron chi connectivity index (χ4n) is 3.91. The first-order chi connectivity index (χ1) is 13.1. The summed E-state index contributed by atoms with van der Waals surface area (Å²) in [5.41, 5.74) is 3.48. The standard InChI is InChI=1S/C23H25ClN2O/c1-17-10-12-25(13-11-17)23(27)14-19-16-26(22-5-3-2-4-21(19)22)15-18-6-8-20(24)9-7-18/h2-9,16-17H,10-15H2,1H3. The maximum Gasteiger partial charge on any atom is 0.227 e. The van der Waals surface area contributed by atoms with Crippen LogP contribution in [0.5, 0.6) is 0 Å². The predicted octanol–water partition coefficient (Wildman–Crippen LogP) is 5.14. The van der Waals surface area contributed by atoms with Crippen molar-refractivity contribution >= 4 is 28.4 Å². The van der Waals surface area contributed by atoms with E-state index in [0.29, 0.717) is 6.42 Å². The molecule has 0 bridgehead atoms. The molecule has 1 aliphatic rings. The summed E-state index contributed by atoms with van der Waals surface area (Å²) < 4.78 is 2.24. The molecule has 27 heavy (non-hydrogen) atoms. The van der Waals surface area contributed by atoms with Gasteiger partial charge in [0.25, 0.3) is 0 Å². The number of aromatic nitrogens is 1. The van der Waals surface area contributed by atoms with E-state index in [0.717, 1.165) is 49.0 Å². The first-order valence-electron chi connectivity index (χ1n) is 9.69. The van der Waals surface area contributed by atoms with Crippen molar-refractivity contribution in [2.75, 3.05) is 13.1 Å². The number of carbonyl (C=O) groups is 1. The van der Waals surface area contributed by atoms with Crippen LogP contribution in [-0.4, -0.2) is 28.5 Å². The number of halogens is 1. The second-order valence-corrected chi connectivity index (χ2v) is 8.10. The number of nitrogens with zero attached hydrogens (tertiary/aromatic N) is 2. The fraction of sp³-hybridized carbons (Fsp3) is 0.348. The first kappa shape index (κ1) is 18.1. The normalized spacial score (nSPS) is 15.4. The number of fused-ring (bicyclic) bond motifs is 1. The van der Waals surface area contributed by atoms with Gasteiger partial charge in [0.1, 0.15) is 0 Å². The maximum atomic E-state index is 12.8. The first-order valence-corrected chi connectivity index (χ1v) is 10.1. The Balaban J connectivity index is 1.58. The van der Waals surface area contributed by atoms with Gasteiger partial charge in [-0.15, -0.1) is 0 Å². The van der Waals surface area contributed by atoms with E-state index < -0.39 is 0 Å². The van der Waals surface area contributed by atoms with Gasteiger partial charge < -0.3 is 9.47 Å². The molecule has 0 atom stereocenters. The van der Waals surface area contributed by atoms with Crippen LogP contribution in [0.25, 0.3) is 10.9 Å². The van der Waals surface area contributed by atoms with Crippen molar-refractivity contribution in [2.24, 2.45) is 5.92 Å². The van der Waals surface area contributed by atoms with Crippen molar-refractivity contribution < 1.29 is 4.79 Å². The van der Waals surface area contributed by atoms with Crippen molar-refractivity contribution in [3.8, 4) is 0 Å². The number of carbonyl (C=O) groups excluding carboxylic acids is 1. The molecule has 0 N–H and O–H groups in total. The molecular weight excluding hydrogens is 356 g/mol. The van der Waals surface area contributed by atoms with E-state index in [1.54, 1.807) is 0 Å². The van der Waals surface area contributed by atoms with Crippen LogP contribution in [0.3, 0.4) is 0 Å². The number of likely N-dealkylation sites (tertiary alicyclic amines) is 1. The summed E-state index contributed by atoms with van der Waals surface area (Å²) in [6.45, 7) is 4.83. The van der Waals surface area contributed by atoms with Crippen molar-refractivity contribution in [3.05, 3.63) is 70.9 Å². The van der Waals surface area contributed by atoms with Gasteiger partial charge in [-0.1, -0.05) is 48.9 Å².